The molecule has 7 nitrogen and oxygen atoms in total. The van der Waals surface area contributed by atoms with E-state index in [0.717, 1.165) is 12.1 Å². The summed E-state index contributed by atoms with van der Waals surface area (Å²) in [6.07, 6.45) is -2.61. The van der Waals surface area contributed by atoms with Crippen molar-refractivity contribution in [1.82, 2.24) is 0 Å². The summed E-state index contributed by atoms with van der Waals surface area (Å²) in [7, 11) is 0. The van der Waals surface area contributed by atoms with Crippen LogP contribution in [0.4, 0.5) is 24.5 Å². The zero-order valence-corrected chi connectivity index (χ0v) is 15.3. The van der Waals surface area contributed by atoms with Crippen molar-refractivity contribution in [2.24, 2.45) is 0 Å². The number of allylic oxidation sites excluding steroid dienone is 1. The molecular weight excluding hydrogens is 425 g/mol. The van der Waals surface area contributed by atoms with Crippen molar-refractivity contribution in [3.05, 3.63) is 44.4 Å². The minimum atomic E-state index is -5.24. The highest BCUT2D eigenvalue weighted by atomic mass is 79.9. The van der Waals surface area contributed by atoms with Gasteiger partial charge in [0.2, 0.25) is 0 Å². The molecule has 0 aliphatic rings. The lowest BCUT2D eigenvalue weighted by atomic mass is 10.1. The monoisotopic (exact) mass is 438 g/mol. The zero-order chi connectivity index (χ0) is 20.1. The van der Waals surface area contributed by atoms with E-state index in [1.54, 1.807) is 0 Å². The van der Waals surface area contributed by atoms with E-state index in [1.165, 1.54) is 26.0 Å². The van der Waals surface area contributed by atoms with Gasteiger partial charge in [0.1, 0.15) is 5.69 Å². The average molecular weight is 439 g/mol. The molecule has 142 valence electrons. The predicted octanol–water partition coefficient (Wildman–Crippen LogP) is 4.01. The summed E-state index contributed by atoms with van der Waals surface area (Å²) in [5, 5.41) is 11.4. The number of hydrogen-bond acceptors (Lipinski definition) is 5. The molecule has 0 spiro atoms. The molecule has 0 aliphatic carbocycles. The number of nitro benzene ring substituents is 1. The van der Waals surface area contributed by atoms with Crippen molar-refractivity contribution in [1.29, 1.82) is 0 Å². The fourth-order valence-corrected chi connectivity index (χ4v) is 2.63. The van der Waals surface area contributed by atoms with E-state index in [4.69, 9.17) is 4.74 Å². The second-order valence-corrected chi connectivity index (χ2v) is 5.64. The number of hydrogen-bond donors (Lipinski definition) is 0. The molecule has 0 unspecified atom stereocenters. The van der Waals surface area contributed by atoms with Crippen LogP contribution in [-0.2, 0) is 9.53 Å². The molecule has 0 saturated carbocycles. The van der Waals surface area contributed by atoms with Crippen molar-refractivity contribution in [3.63, 3.8) is 0 Å². The van der Waals surface area contributed by atoms with Gasteiger partial charge in [-0.3, -0.25) is 19.8 Å². The van der Waals surface area contributed by atoms with Gasteiger partial charge in [-0.15, -0.1) is 0 Å². The number of ether oxygens (including phenoxy) is 1. The topological polar surface area (TPSA) is 89.8 Å². The number of carbonyl (C=O) groups is 2. The first kappa shape index (κ1) is 21.6. The van der Waals surface area contributed by atoms with Crippen LogP contribution < -0.4 is 4.90 Å². The first-order valence-electron chi connectivity index (χ1n) is 7.19. The van der Waals surface area contributed by atoms with Crippen LogP contribution in [0.5, 0.6) is 0 Å². The van der Waals surface area contributed by atoms with Gasteiger partial charge in [-0.1, -0.05) is 12.2 Å². The normalized spacial score (nSPS) is 11.5. The Labute approximate surface area is 154 Å². The molecule has 0 radical (unpaired) electrons. The molecule has 0 heterocycles. The molecule has 0 bridgehead atoms. The quantitative estimate of drug-likeness (QED) is 0.289. The maximum absolute atomic E-state index is 12.9. The lowest BCUT2D eigenvalue weighted by Crippen LogP contribution is -2.42. The van der Waals surface area contributed by atoms with Crippen LogP contribution in [0.15, 0.2) is 28.8 Å². The maximum atomic E-state index is 12.9. The minimum absolute atomic E-state index is 0.00593. The van der Waals surface area contributed by atoms with E-state index >= 15 is 0 Å². The van der Waals surface area contributed by atoms with Crippen LogP contribution in [0, 0.1) is 10.1 Å². The maximum Gasteiger partial charge on any atom is 0.471 e. The molecule has 1 aromatic carbocycles. The summed E-state index contributed by atoms with van der Waals surface area (Å²) in [5.74, 6) is -3.16. The lowest BCUT2D eigenvalue weighted by molar-refractivity contribution is -0.384. The van der Waals surface area contributed by atoms with Crippen LogP contribution in [0.1, 0.15) is 24.2 Å². The predicted molar refractivity (Wildman–Crippen MR) is 90.0 cm³/mol. The third kappa shape index (κ3) is 5.04. The van der Waals surface area contributed by atoms with Crippen molar-refractivity contribution in [3.8, 4) is 0 Å². The third-order valence-electron chi connectivity index (χ3n) is 3.03. The molecule has 26 heavy (non-hydrogen) atoms. The highest BCUT2D eigenvalue weighted by Gasteiger charge is 2.45. The van der Waals surface area contributed by atoms with E-state index in [0.29, 0.717) is 0 Å². The van der Waals surface area contributed by atoms with Crippen LogP contribution in [0.25, 0.3) is 0 Å². The van der Waals surface area contributed by atoms with Gasteiger partial charge in [0.15, 0.2) is 0 Å². The molecular formula is C15H14BrF3N2O5. The summed E-state index contributed by atoms with van der Waals surface area (Å²) < 4.78 is 43.2. The molecule has 0 N–H and O–H groups in total. The van der Waals surface area contributed by atoms with Crippen molar-refractivity contribution in [2.75, 3.05) is 18.1 Å². The van der Waals surface area contributed by atoms with Gasteiger partial charge >= 0.3 is 18.1 Å². The number of nitro groups is 1. The first-order valence-corrected chi connectivity index (χ1v) is 7.98. The molecule has 0 aromatic heterocycles. The summed E-state index contributed by atoms with van der Waals surface area (Å²) >= 11 is 2.92. The Morgan fingerprint density at radius 2 is 2.00 bits per heavy atom. The zero-order valence-electron chi connectivity index (χ0n) is 13.7. The molecule has 11 heteroatoms. The second-order valence-electron chi connectivity index (χ2n) is 4.79. The van der Waals surface area contributed by atoms with Crippen molar-refractivity contribution >= 4 is 39.2 Å². The van der Waals surface area contributed by atoms with E-state index < -0.39 is 40.9 Å². The molecule has 0 saturated heterocycles. The van der Waals surface area contributed by atoms with E-state index in [1.807, 2.05) is 0 Å². The average Bonchev–Trinajstić information content (AvgIpc) is 2.54. The standard InChI is InChI=1S/C15H14BrF3N2O5/c1-3-5-6-20(14(23)15(17,18)19)12-10(16)7-9(13(22)26-4-2)8-11(12)21(24)25/h3,5,7-8H,4,6H2,1-2H3/b5-3+. The summed E-state index contributed by atoms with van der Waals surface area (Å²) in [6.45, 7) is 2.50. The fraction of sp³-hybridized carbons (Fsp3) is 0.333. The smallest absolute Gasteiger partial charge is 0.462 e. The van der Waals surface area contributed by atoms with Crippen LogP contribution in [0.3, 0.4) is 0 Å². The number of esters is 1. The molecule has 0 atom stereocenters. The Balaban J connectivity index is 3.62. The first-order chi connectivity index (χ1) is 12.0. The Morgan fingerprint density at radius 3 is 2.46 bits per heavy atom. The summed E-state index contributed by atoms with van der Waals surface area (Å²) in [4.78, 5) is 34.1. The van der Waals surface area contributed by atoms with Gasteiger partial charge < -0.3 is 4.74 Å². The number of rotatable bonds is 6. The van der Waals surface area contributed by atoms with E-state index in [9.17, 15) is 32.9 Å². The van der Waals surface area contributed by atoms with Crippen LogP contribution in [-0.4, -0.2) is 36.1 Å². The number of benzene rings is 1. The highest BCUT2D eigenvalue weighted by molar-refractivity contribution is 9.10. The van der Waals surface area contributed by atoms with Crippen molar-refractivity contribution < 1.29 is 32.4 Å². The SMILES string of the molecule is C/C=C/CN(C(=O)C(F)(F)F)c1c(Br)cc(C(=O)OCC)cc1[N+](=O)[O-]. The Hall–Kier alpha value is -2.43. The lowest BCUT2D eigenvalue weighted by Gasteiger charge is -2.23. The molecule has 1 amide bonds. The minimum Gasteiger partial charge on any atom is -0.462 e. The van der Waals surface area contributed by atoms with Gasteiger partial charge in [-0.25, -0.2) is 4.79 Å². The Kier molecular flexibility index (Phi) is 7.30. The number of halogens is 4. The van der Waals surface area contributed by atoms with E-state index in [-0.39, 0.29) is 21.5 Å². The Morgan fingerprint density at radius 1 is 1.38 bits per heavy atom. The van der Waals surface area contributed by atoms with Gasteiger partial charge in [0.25, 0.3) is 5.69 Å². The van der Waals surface area contributed by atoms with Gasteiger partial charge in [0, 0.05) is 17.1 Å². The number of nitrogens with zero attached hydrogens (tertiary/aromatic N) is 2. The molecule has 1 rings (SSSR count). The van der Waals surface area contributed by atoms with Gasteiger partial charge in [-0.2, -0.15) is 13.2 Å². The fourth-order valence-electron chi connectivity index (χ4n) is 1.96. The van der Waals surface area contributed by atoms with Crippen LogP contribution >= 0.6 is 15.9 Å². The number of carbonyl (C=O) groups excluding carboxylic acids is 2. The number of alkyl halides is 3. The van der Waals surface area contributed by atoms with Crippen LogP contribution in [0.2, 0.25) is 0 Å². The molecule has 0 fully saturated rings. The highest BCUT2D eigenvalue weighted by Crippen LogP contribution is 2.39. The summed E-state index contributed by atoms with van der Waals surface area (Å²) in [6, 6.07) is 1.83. The third-order valence-corrected chi connectivity index (χ3v) is 3.64. The van der Waals surface area contributed by atoms with E-state index in [2.05, 4.69) is 15.9 Å². The number of amides is 1. The van der Waals surface area contributed by atoms with Crippen molar-refractivity contribution in [2.45, 2.75) is 20.0 Å². The molecule has 1 aromatic rings. The number of anilines is 1. The molecule has 0 aliphatic heterocycles. The Bertz CT molecular complexity index is 750. The van der Waals surface area contributed by atoms with Gasteiger partial charge in [-0.05, 0) is 35.8 Å². The van der Waals surface area contributed by atoms with Gasteiger partial charge in [0.05, 0.1) is 17.1 Å². The largest absolute Gasteiger partial charge is 0.471 e. The second kappa shape index (κ2) is 8.79. The summed E-state index contributed by atoms with van der Waals surface area (Å²) in [5.41, 5.74) is -1.69.